The van der Waals surface area contributed by atoms with Gasteiger partial charge in [0.25, 0.3) is 5.22 Å². The summed E-state index contributed by atoms with van der Waals surface area (Å²) in [6.07, 6.45) is 1.32. The first-order chi connectivity index (χ1) is 9.90. The molecule has 0 amide bonds. The SMILES string of the molecule is CCOC(=O)c1coc(Sc2ccc(C(C)(C)C)cc2)n1. The molecule has 1 aromatic heterocycles. The van der Waals surface area contributed by atoms with E-state index < -0.39 is 5.97 Å². The summed E-state index contributed by atoms with van der Waals surface area (Å²) in [5, 5.41) is 0.432. The molecule has 21 heavy (non-hydrogen) atoms. The zero-order valence-corrected chi connectivity index (χ0v) is 13.5. The highest BCUT2D eigenvalue weighted by Crippen LogP contribution is 2.29. The van der Waals surface area contributed by atoms with Gasteiger partial charge < -0.3 is 9.15 Å². The molecule has 0 aliphatic rings. The number of rotatable bonds is 4. The molecular formula is C16H19NO3S. The number of hydrogen-bond acceptors (Lipinski definition) is 5. The highest BCUT2D eigenvalue weighted by Gasteiger charge is 2.15. The van der Waals surface area contributed by atoms with Crippen molar-refractivity contribution in [1.29, 1.82) is 0 Å². The van der Waals surface area contributed by atoms with Crippen LogP contribution in [-0.4, -0.2) is 17.6 Å². The van der Waals surface area contributed by atoms with E-state index in [1.165, 1.54) is 23.6 Å². The Morgan fingerprint density at radius 3 is 2.52 bits per heavy atom. The van der Waals surface area contributed by atoms with Crippen LogP contribution in [0, 0.1) is 0 Å². The van der Waals surface area contributed by atoms with Crippen molar-refractivity contribution in [3.63, 3.8) is 0 Å². The highest BCUT2D eigenvalue weighted by atomic mass is 32.2. The van der Waals surface area contributed by atoms with Crippen LogP contribution in [0.1, 0.15) is 43.7 Å². The summed E-state index contributed by atoms with van der Waals surface area (Å²) in [6, 6.07) is 8.24. The molecule has 1 aromatic carbocycles. The van der Waals surface area contributed by atoms with Gasteiger partial charge in [0.2, 0.25) is 0 Å². The van der Waals surface area contributed by atoms with Gasteiger partial charge in [-0.25, -0.2) is 4.79 Å². The van der Waals surface area contributed by atoms with E-state index >= 15 is 0 Å². The number of hydrogen-bond donors (Lipinski definition) is 0. The van der Waals surface area contributed by atoms with Crippen LogP contribution in [0.15, 0.2) is 45.1 Å². The minimum atomic E-state index is -0.462. The van der Waals surface area contributed by atoms with Gasteiger partial charge in [-0.2, -0.15) is 4.98 Å². The predicted octanol–water partition coefficient (Wildman–Crippen LogP) is 4.30. The maximum absolute atomic E-state index is 11.5. The van der Waals surface area contributed by atoms with Gasteiger partial charge in [-0.3, -0.25) is 0 Å². The number of esters is 1. The first kappa shape index (κ1) is 15.6. The van der Waals surface area contributed by atoms with Gasteiger partial charge in [-0.15, -0.1) is 0 Å². The van der Waals surface area contributed by atoms with Gasteiger partial charge in [0.05, 0.1) is 6.61 Å². The van der Waals surface area contributed by atoms with Crippen LogP contribution in [0.5, 0.6) is 0 Å². The molecule has 0 saturated heterocycles. The molecule has 0 unspecified atom stereocenters. The molecule has 0 atom stereocenters. The number of aromatic nitrogens is 1. The Balaban J connectivity index is 2.07. The minimum absolute atomic E-state index is 0.128. The monoisotopic (exact) mass is 305 g/mol. The fourth-order valence-corrected chi connectivity index (χ4v) is 2.44. The summed E-state index contributed by atoms with van der Waals surface area (Å²) in [5.41, 5.74) is 1.60. The topological polar surface area (TPSA) is 52.3 Å². The van der Waals surface area contributed by atoms with E-state index in [1.807, 2.05) is 12.1 Å². The number of benzene rings is 1. The van der Waals surface area contributed by atoms with Crippen LogP contribution in [0.25, 0.3) is 0 Å². The zero-order chi connectivity index (χ0) is 15.5. The summed E-state index contributed by atoms with van der Waals surface area (Å²) in [5.74, 6) is -0.462. The number of carbonyl (C=O) groups excluding carboxylic acids is 1. The van der Waals surface area contributed by atoms with Crippen LogP contribution in [-0.2, 0) is 10.2 Å². The molecular weight excluding hydrogens is 286 g/mol. The summed E-state index contributed by atoms with van der Waals surface area (Å²) < 4.78 is 10.2. The van der Waals surface area contributed by atoms with Gasteiger partial charge in [0.1, 0.15) is 6.26 Å². The lowest BCUT2D eigenvalue weighted by atomic mass is 9.87. The Bertz CT molecular complexity index is 611. The van der Waals surface area contributed by atoms with Gasteiger partial charge >= 0.3 is 5.97 Å². The lowest BCUT2D eigenvalue weighted by Crippen LogP contribution is -2.10. The Labute approximate surface area is 128 Å². The molecule has 0 aliphatic heterocycles. The van der Waals surface area contributed by atoms with Crippen molar-refractivity contribution in [1.82, 2.24) is 4.98 Å². The van der Waals surface area contributed by atoms with Crippen LogP contribution >= 0.6 is 11.8 Å². The Morgan fingerprint density at radius 1 is 1.29 bits per heavy atom. The van der Waals surface area contributed by atoms with E-state index in [9.17, 15) is 4.79 Å². The molecule has 0 saturated carbocycles. The van der Waals surface area contributed by atoms with E-state index in [-0.39, 0.29) is 11.1 Å². The average molecular weight is 305 g/mol. The first-order valence-corrected chi connectivity index (χ1v) is 7.63. The second-order valence-electron chi connectivity index (χ2n) is 5.60. The number of oxazole rings is 1. The number of carbonyl (C=O) groups is 1. The quantitative estimate of drug-likeness (QED) is 0.788. The van der Waals surface area contributed by atoms with Crippen LogP contribution in [0.3, 0.4) is 0 Å². The number of nitrogens with zero attached hydrogens (tertiary/aromatic N) is 1. The van der Waals surface area contributed by atoms with Crippen molar-refractivity contribution < 1.29 is 13.9 Å². The van der Waals surface area contributed by atoms with Crippen LogP contribution < -0.4 is 0 Å². The molecule has 1 heterocycles. The smallest absolute Gasteiger partial charge is 0.360 e. The van der Waals surface area contributed by atoms with Crippen LogP contribution in [0.4, 0.5) is 0 Å². The lowest BCUT2D eigenvalue weighted by Gasteiger charge is -2.18. The van der Waals surface area contributed by atoms with Crippen LogP contribution in [0.2, 0.25) is 0 Å². The summed E-state index contributed by atoms with van der Waals surface area (Å²) >= 11 is 1.38. The largest absolute Gasteiger partial charge is 0.461 e. The Kier molecular flexibility index (Phi) is 4.73. The van der Waals surface area contributed by atoms with E-state index in [0.717, 1.165) is 4.90 Å². The molecule has 0 spiro atoms. The first-order valence-electron chi connectivity index (χ1n) is 6.81. The van der Waals surface area contributed by atoms with Gasteiger partial charge in [0.15, 0.2) is 5.69 Å². The lowest BCUT2D eigenvalue weighted by molar-refractivity contribution is 0.0519. The second kappa shape index (κ2) is 6.35. The van der Waals surface area contributed by atoms with E-state index in [2.05, 4.69) is 37.9 Å². The maximum Gasteiger partial charge on any atom is 0.360 e. The van der Waals surface area contributed by atoms with Crippen molar-refractivity contribution in [3.05, 3.63) is 41.8 Å². The molecule has 0 N–H and O–H groups in total. The molecule has 0 radical (unpaired) electrons. The summed E-state index contributed by atoms with van der Waals surface area (Å²) in [6.45, 7) is 8.60. The van der Waals surface area contributed by atoms with E-state index in [0.29, 0.717) is 11.8 Å². The summed E-state index contributed by atoms with van der Waals surface area (Å²) in [7, 11) is 0. The summed E-state index contributed by atoms with van der Waals surface area (Å²) in [4.78, 5) is 16.6. The molecule has 2 aromatic rings. The highest BCUT2D eigenvalue weighted by molar-refractivity contribution is 7.99. The third-order valence-corrected chi connectivity index (χ3v) is 3.76. The molecule has 0 fully saturated rings. The van der Waals surface area contributed by atoms with E-state index in [1.54, 1.807) is 6.92 Å². The van der Waals surface area contributed by atoms with Crippen molar-refractivity contribution in [2.75, 3.05) is 6.61 Å². The molecule has 0 aliphatic carbocycles. The molecule has 0 bridgehead atoms. The Morgan fingerprint density at radius 2 is 1.95 bits per heavy atom. The third-order valence-electron chi connectivity index (χ3n) is 2.89. The molecule has 112 valence electrons. The predicted molar refractivity (Wildman–Crippen MR) is 81.7 cm³/mol. The molecule has 5 heteroatoms. The minimum Gasteiger partial charge on any atom is -0.461 e. The van der Waals surface area contributed by atoms with Crippen molar-refractivity contribution in [2.24, 2.45) is 0 Å². The van der Waals surface area contributed by atoms with Crippen molar-refractivity contribution in [3.8, 4) is 0 Å². The average Bonchev–Trinajstić information content (AvgIpc) is 2.87. The maximum atomic E-state index is 11.5. The fraction of sp³-hybridized carbons (Fsp3) is 0.375. The van der Waals surface area contributed by atoms with Crippen molar-refractivity contribution >= 4 is 17.7 Å². The van der Waals surface area contributed by atoms with Crippen molar-refractivity contribution in [2.45, 2.75) is 43.2 Å². The standard InChI is InChI=1S/C16H19NO3S/c1-5-19-14(18)13-10-20-15(17-13)21-12-8-6-11(7-9-12)16(2,3)4/h6-10H,5H2,1-4H3. The zero-order valence-electron chi connectivity index (χ0n) is 12.7. The van der Waals surface area contributed by atoms with Gasteiger partial charge in [-0.1, -0.05) is 32.9 Å². The second-order valence-corrected chi connectivity index (χ2v) is 6.62. The van der Waals surface area contributed by atoms with E-state index in [4.69, 9.17) is 9.15 Å². The normalized spacial score (nSPS) is 11.4. The van der Waals surface area contributed by atoms with Gasteiger partial charge in [-0.05, 0) is 41.8 Å². The Hall–Kier alpha value is -1.75. The molecule has 4 nitrogen and oxygen atoms in total. The molecule has 2 rings (SSSR count). The van der Waals surface area contributed by atoms with Gasteiger partial charge in [0, 0.05) is 4.90 Å². The third kappa shape index (κ3) is 4.11. The fourth-order valence-electron chi connectivity index (χ4n) is 1.73. The number of ether oxygens (including phenoxy) is 1.